The Morgan fingerprint density at radius 2 is 1.89 bits per heavy atom. The predicted octanol–water partition coefficient (Wildman–Crippen LogP) is 2.16. The number of hydrogen-bond acceptors (Lipinski definition) is 3. The first kappa shape index (κ1) is 16.9. The van der Waals surface area contributed by atoms with Gasteiger partial charge in [0.1, 0.15) is 0 Å². The van der Waals surface area contributed by atoms with Crippen LogP contribution in [0.2, 0.25) is 0 Å². The minimum absolute atomic E-state index is 0.0577. The zero-order valence-corrected chi connectivity index (χ0v) is 12.4. The van der Waals surface area contributed by atoms with Gasteiger partial charge < -0.3 is 5.32 Å². The number of hydrogen-bond donors (Lipinski definition) is 1. The van der Waals surface area contributed by atoms with Gasteiger partial charge in [-0.05, 0) is 33.1 Å². The van der Waals surface area contributed by atoms with Crippen molar-refractivity contribution in [1.29, 1.82) is 5.26 Å². The van der Waals surface area contributed by atoms with Gasteiger partial charge in [0.05, 0.1) is 12.1 Å². The summed E-state index contributed by atoms with van der Waals surface area (Å²) in [5, 5.41) is 11.6. The molecule has 104 valence electrons. The summed E-state index contributed by atoms with van der Waals surface area (Å²) in [7, 11) is 0. The van der Waals surface area contributed by atoms with Crippen molar-refractivity contribution in [3.8, 4) is 6.07 Å². The standard InChI is InChI=1S/C14H27N3O/c1-11(2)7-9-16-14(18)13(5)17(12(3)4)10-6-8-15/h11-13H,6-7,9-10H2,1-5H3,(H,16,18). The van der Waals surface area contributed by atoms with E-state index < -0.39 is 0 Å². The van der Waals surface area contributed by atoms with Crippen molar-refractivity contribution in [3.05, 3.63) is 0 Å². The summed E-state index contributed by atoms with van der Waals surface area (Å²) in [6.07, 6.45) is 1.46. The molecule has 0 aromatic rings. The fourth-order valence-corrected chi connectivity index (χ4v) is 1.86. The van der Waals surface area contributed by atoms with Gasteiger partial charge >= 0.3 is 0 Å². The van der Waals surface area contributed by atoms with Crippen LogP contribution in [0.4, 0.5) is 0 Å². The van der Waals surface area contributed by atoms with Gasteiger partial charge in [-0.15, -0.1) is 0 Å². The Hall–Kier alpha value is -1.08. The molecular weight excluding hydrogens is 226 g/mol. The van der Waals surface area contributed by atoms with E-state index in [0.29, 0.717) is 18.9 Å². The Morgan fingerprint density at radius 1 is 1.28 bits per heavy atom. The van der Waals surface area contributed by atoms with Crippen LogP contribution in [0.3, 0.4) is 0 Å². The van der Waals surface area contributed by atoms with E-state index in [1.165, 1.54) is 0 Å². The van der Waals surface area contributed by atoms with Crippen molar-refractivity contribution >= 4 is 5.91 Å². The lowest BCUT2D eigenvalue weighted by atomic mass is 10.1. The lowest BCUT2D eigenvalue weighted by molar-refractivity contribution is -0.126. The average Bonchev–Trinajstić information content (AvgIpc) is 2.28. The second kappa shape index (κ2) is 8.93. The molecule has 0 saturated heterocycles. The lowest BCUT2D eigenvalue weighted by Crippen LogP contribution is -2.48. The lowest BCUT2D eigenvalue weighted by Gasteiger charge is -2.31. The van der Waals surface area contributed by atoms with Crippen LogP contribution >= 0.6 is 0 Å². The predicted molar refractivity (Wildman–Crippen MR) is 74.0 cm³/mol. The van der Waals surface area contributed by atoms with E-state index in [-0.39, 0.29) is 18.0 Å². The third-order valence-electron chi connectivity index (χ3n) is 3.04. The summed E-state index contributed by atoms with van der Waals surface area (Å²) in [6.45, 7) is 11.7. The van der Waals surface area contributed by atoms with Crippen LogP contribution in [0.25, 0.3) is 0 Å². The number of nitrogens with one attached hydrogen (secondary N) is 1. The fraction of sp³-hybridized carbons (Fsp3) is 0.857. The van der Waals surface area contributed by atoms with Gasteiger partial charge in [0.15, 0.2) is 0 Å². The molecule has 1 N–H and O–H groups in total. The van der Waals surface area contributed by atoms with Gasteiger partial charge in [-0.25, -0.2) is 0 Å². The fourth-order valence-electron chi connectivity index (χ4n) is 1.86. The van der Waals surface area contributed by atoms with E-state index in [1.807, 2.05) is 6.92 Å². The molecule has 0 aliphatic carbocycles. The first-order chi connectivity index (χ1) is 8.40. The van der Waals surface area contributed by atoms with Crippen molar-refractivity contribution in [2.45, 2.75) is 59.5 Å². The van der Waals surface area contributed by atoms with Crippen LogP contribution < -0.4 is 5.32 Å². The molecule has 0 heterocycles. The second-order valence-corrected chi connectivity index (χ2v) is 5.39. The van der Waals surface area contributed by atoms with Crippen molar-refractivity contribution < 1.29 is 4.79 Å². The molecule has 1 amide bonds. The third kappa shape index (κ3) is 6.61. The molecule has 0 rings (SSSR count). The zero-order valence-electron chi connectivity index (χ0n) is 12.4. The van der Waals surface area contributed by atoms with Gasteiger partial charge in [-0.3, -0.25) is 9.69 Å². The average molecular weight is 253 g/mol. The maximum atomic E-state index is 12.0. The van der Waals surface area contributed by atoms with Gasteiger partial charge in [0.2, 0.25) is 5.91 Å². The van der Waals surface area contributed by atoms with Crippen molar-refractivity contribution in [2.24, 2.45) is 5.92 Å². The molecule has 0 spiro atoms. The van der Waals surface area contributed by atoms with E-state index in [1.54, 1.807) is 0 Å². The first-order valence-corrected chi connectivity index (χ1v) is 6.80. The minimum atomic E-state index is -0.175. The molecule has 0 aliphatic rings. The van der Waals surface area contributed by atoms with E-state index in [2.05, 4.69) is 44.0 Å². The molecule has 1 atom stereocenters. The van der Waals surface area contributed by atoms with E-state index in [0.717, 1.165) is 13.0 Å². The van der Waals surface area contributed by atoms with Gasteiger partial charge in [-0.2, -0.15) is 5.26 Å². The SMILES string of the molecule is CC(C)CCNC(=O)C(C)N(CCC#N)C(C)C. The van der Waals surface area contributed by atoms with Crippen LogP contribution in [0.15, 0.2) is 0 Å². The number of rotatable bonds is 8. The summed E-state index contributed by atoms with van der Waals surface area (Å²) in [4.78, 5) is 14.1. The number of nitrogens with zero attached hydrogens (tertiary/aromatic N) is 2. The minimum Gasteiger partial charge on any atom is -0.355 e. The van der Waals surface area contributed by atoms with Crippen LogP contribution in [-0.4, -0.2) is 36.0 Å². The summed E-state index contributed by atoms with van der Waals surface area (Å²) < 4.78 is 0. The molecule has 0 aliphatic heterocycles. The number of carbonyl (C=O) groups is 1. The molecular formula is C14H27N3O. The quantitative estimate of drug-likeness (QED) is 0.721. The maximum absolute atomic E-state index is 12.0. The molecule has 0 aromatic heterocycles. The number of carbonyl (C=O) groups excluding carboxylic acids is 1. The topological polar surface area (TPSA) is 56.1 Å². The molecule has 0 saturated carbocycles. The zero-order chi connectivity index (χ0) is 14.1. The van der Waals surface area contributed by atoms with Gasteiger partial charge in [-0.1, -0.05) is 13.8 Å². The molecule has 0 bridgehead atoms. The highest BCUT2D eigenvalue weighted by Crippen LogP contribution is 2.07. The molecule has 0 radical (unpaired) electrons. The highest BCUT2D eigenvalue weighted by molar-refractivity contribution is 5.81. The summed E-state index contributed by atoms with van der Waals surface area (Å²) in [6, 6.07) is 2.22. The van der Waals surface area contributed by atoms with Crippen LogP contribution in [0.1, 0.15) is 47.5 Å². The normalized spacial score (nSPS) is 12.8. The monoisotopic (exact) mass is 253 g/mol. The molecule has 0 fully saturated rings. The van der Waals surface area contributed by atoms with Gasteiger partial charge in [0, 0.05) is 25.6 Å². The van der Waals surface area contributed by atoms with Gasteiger partial charge in [0.25, 0.3) is 0 Å². The molecule has 1 unspecified atom stereocenters. The van der Waals surface area contributed by atoms with Crippen molar-refractivity contribution in [3.63, 3.8) is 0 Å². The summed E-state index contributed by atoms with van der Waals surface area (Å²) >= 11 is 0. The first-order valence-electron chi connectivity index (χ1n) is 6.80. The van der Waals surface area contributed by atoms with Crippen LogP contribution in [0, 0.1) is 17.2 Å². The highest BCUT2D eigenvalue weighted by Gasteiger charge is 2.22. The number of amides is 1. The largest absolute Gasteiger partial charge is 0.355 e. The highest BCUT2D eigenvalue weighted by atomic mass is 16.2. The van der Waals surface area contributed by atoms with E-state index >= 15 is 0 Å². The van der Waals surface area contributed by atoms with Crippen molar-refractivity contribution in [1.82, 2.24) is 10.2 Å². The van der Waals surface area contributed by atoms with E-state index in [4.69, 9.17) is 5.26 Å². The Bertz CT molecular complexity index is 281. The van der Waals surface area contributed by atoms with Crippen LogP contribution in [0.5, 0.6) is 0 Å². The Labute approximate surface area is 111 Å². The Balaban J connectivity index is 4.25. The molecule has 0 aromatic carbocycles. The smallest absolute Gasteiger partial charge is 0.237 e. The maximum Gasteiger partial charge on any atom is 0.237 e. The van der Waals surface area contributed by atoms with E-state index in [9.17, 15) is 4.79 Å². The summed E-state index contributed by atoms with van der Waals surface area (Å²) in [5.74, 6) is 0.655. The Kier molecular flexibility index (Phi) is 8.40. The summed E-state index contributed by atoms with van der Waals surface area (Å²) in [5.41, 5.74) is 0. The van der Waals surface area contributed by atoms with Crippen LogP contribution in [-0.2, 0) is 4.79 Å². The molecule has 4 heteroatoms. The third-order valence-corrected chi connectivity index (χ3v) is 3.04. The Morgan fingerprint density at radius 3 is 2.33 bits per heavy atom. The number of nitriles is 1. The molecule has 18 heavy (non-hydrogen) atoms. The molecule has 4 nitrogen and oxygen atoms in total. The van der Waals surface area contributed by atoms with Crippen molar-refractivity contribution in [2.75, 3.05) is 13.1 Å². The second-order valence-electron chi connectivity index (χ2n) is 5.39.